The summed E-state index contributed by atoms with van der Waals surface area (Å²) in [4.78, 5) is 15.9. The van der Waals surface area contributed by atoms with E-state index < -0.39 is 29.2 Å². The Morgan fingerprint density at radius 2 is 1.86 bits per heavy atom. The van der Waals surface area contributed by atoms with Gasteiger partial charge in [0, 0.05) is 48.9 Å². The largest absolute Gasteiger partial charge is 0.396 e. The standard InChI is InChI=1S/C27H31FN4O3/c1-18-24(26(2,3)28)23(13-15-31-17-19(14-16-33)29-30-31)35-27(18)21-11-7-8-12-22(21)32(25(27)34)20-9-5-4-6-10-20/h4-12,17-18,23-24,33H,13-16H2,1-3H3/t18-,23+,24-,27+/m0/s1. The fourth-order valence-corrected chi connectivity index (χ4v) is 5.97. The molecule has 0 aliphatic carbocycles. The monoisotopic (exact) mass is 478 g/mol. The molecule has 35 heavy (non-hydrogen) atoms. The zero-order valence-electron chi connectivity index (χ0n) is 20.3. The van der Waals surface area contributed by atoms with Gasteiger partial charge in [-0.25, -0.2) is 4.39 Å². The lowest BCUT2D eigenvalue weighted by atomic mass is 9.71. The Morgan fingerprint density at radius 3 is 2.57 bits per heavy atom. The summed E-state index contributed by atoms with van der Waals surface area (Å²) < 4.78 is 24.1. The minimum absolute atomic E-state index is 0.00200. The number of aryl methyl sites for hydroxylation is 1. The number of alkyl halides is 1. The van der Waals surface area contributed by atoms with Gasteiger partial charge in [0.25, 0.3) is 5.91 Å². The van der Waals surface area contributed by atoms with Crippen LogP contribution in [-0.4, -0.2) is 44.4 Å². The fourth-order valence-electron chi connectivity index (χ4n) is 5.97. The number of para-hydroxylation sites is 2. The molecular formula is C27H31FN4O3. The molecule has 1 N–H and O–H groups in total. The number of aromatic nitrogens is 3. The van der Waals surface area contributed by atoms with Crippen molar-refractivity contribution in [3.63, 3.8) is 0 Å². The number of aliphatic hydroxyl groups excluding tert-OH is 1. The minimum atomic E-state index is -1.56. The Hall–Kier alpha value is -3.10. The van der Waals surface area contributed by atoms with Gasteiger partial charge < -0.3 is 9.84 Å². The number of ether oxygens (including phenoxy) is 1. The van der Waals surface area contributed by atoms with Gasteiger partial charge in [0.15, 0.2) is 5.60 Å². The van der Waals surface area contributed by atoms with Crippen molar-refractivity contribution in [2.45, 2.75) is 57.5 Å². The van der Waals surface area contributed by atoms with E-state index in [1.807, 2.05) is 61.5 Å². The van der Waals surface area contributed by atoms with E-state index in [2.05, 4.69) is 10.3 Å². The van der Waals surface area contributed by atoms with Gasteiger partial charge in [-0.1, -0.05) is 48.5 Å². The highest BCUT2D eigenvalue weighted by Crippen LogP contribution is 2.59. The normalized spacial score (nSPS) is 26.0. The van der Waals surface area contributed by atoms with Crippen molar-refractivity contribution < 1.29 is 19.0 Å². The molecule has 8 heteroatoms. The van der Waals surface area contributed by atoms with Crippen molar-refractivity contribution in [1.29, 1.82) is 0 Å². The van der Waals surface area contributed by atoms with E-state index in [1.54, 1.807) is 29.6 Å². The Labute approximate surface area is 204 Å². The van der Waals surface area contributed by atoms with Crippen molar-refractivity contribution in [3.05, 3.63) is 72.1 Å². The van der Waals surface area contributed by atoms with E-state index in [9.17, 15) is 4.79 Å². The molecule has 1 aromatic heterocycles. The highest BCUT2D eigenvalue weighted by atomic mass is 19.1. The van der Waals surface area contributed by atoms with Gasteiger partial charge in [-0.2, -0.15) is 0 Å². The summed E-state index contributed by atoms with van der Waals surface area (Å²) in [5.74, 6) is -1.08. The lowest BCUT2D eigenvalue weighted by Gasteiger charge is -2.32. The number of hydrogen-bond acceptors (Lipinski definition) is 5. The molecule has 7 nitrogen and oxygen atoms in total. The number of hydrogen-bond donors (Lipinski definition) is 1. The van der Waals surface area contributed by atoms with Gasteiger partial charge in [0.05, 0.1) is 17.5 Å². The average Bonchev–Trinajstić information content (AvgIpc) is 3.47. The summed E-state index contributed by atoms with van der Waals surface area (Å²) in [6, 6.07) is 17.2. The molecule has 4 atom stereocenters. The van der Waals surface area contributed by atoms with Gasteiger partial charge in [0.1, 0.15) is 5.67 Å². The molecule has 1 amide bonds. The first-order chi connectivity index (χ1) is 16.8. The molecule has 0 saturated carbocycles. The number of benzene rings is 2. The van der Waals surface area contributed by atoms with Crippen LogP contribution < -0.4 is 4.90 Å². The fraction of sp³-hybridized carbons (Fsp3) is 0.444. The number of carbonyl (C=O) groups excluding carboxylic acids is 1. The third-order valence-corrected chi connectivity index (χ3v) is 7.39. The molecule has 1 saturated heterocycles. The molecule has 2 aliphatic heterocycles. The van der Waals surface area contributed by atoms with Crippen molar-refractivity contribution in [2.24, 2.45) is 11.8 Å². The highest BCUT2D eigenvalue weighted by molar-refractivity contribution is 6.12. The first-order valence-corrected chi connectivity index (χ1v) is 12.1. The summed E-state index contributed by atoms with van der Waals surface area (Å²) in [5.41, 5.74) is 0.186. The molecule has 3 heterocycles. The Kier molecular flexibility index (Phi) is 5.97. The second-order valence-electron chi connectivity index (χ2n) is 10.00. The Morgan fingerprint density at radius 1 is 1.14 bits per heavy atom. The molecule has 3 aromatic rings. The van der Waals surface area contributed by atoms with Crippen LogP contribution in [0.15, 0.2) is 60.8 Å². The number of carbonyl (C=O) groups is 1. The molecule has 0 bridgehead atoms. The quantitative estimate of drug-likeness (QED) is 0.551. The summed E-state index contributed by atoms with van der Waals surface area (Å²) in [7, 11) is 0. The molecule has 2 aromatic carbocycles. The van der Waals surface area contributed by atoms with Crippen molar-refractivity contribution in [3.8, 4) is 0 Å². The van der Waals surface area contributed by atoms with Crippen LogP contribution in [0.2, 0.25) is 0 Å². The average molecular weight is 479 g/mol. The molecule has 0 radical (unpaired) electrons. The van der Waals surface area contributed by atoms with Crippen molar-refractivity contribution in [2.75, 3.05) is 11.5 Å². The number of anilines is 2. The van der Waals surface area contributed by atoms with Crippen LogP contribution in [0.5, 0.6) is 0 Å². The number of fused-ring (bicyclic) bond motifs is 2. The van der Waals surface area contributed by atoms with Crippen LogP contribution in [0.4, 0.5) is 15.8 Å². The van der Waals surface area contributed by atoms with Crippen LogP contribution in [-0.2, 0) is 28.1 Å². The summed E-state index contributed by atoms with van der Waals surface area (Å²) in [5, 5.41) is 17.3. The van der Waals surface area contributed by atoms with E-state index >= 15 is 4.39 Å². The van der Waals surface area contributed by atoms with Crippen LogP contribution in [0, 0.1) is 11.8 Å². The van der Waals surface area contributed by atoms with Gasteiger partial charge in [-0.05, 0) is 38.5 Å². The SMILES string of the molecule is C[C@H]1[C@H](C(C)(C)F)[C@@H](CCn2cc(CCO)nn2)O[C@]12C(=O)N(c1ccccc1)c1ccccc12. The maximum atomic E-state index is 15.7. The van der Waals surface area contributed by atoms with Crippen LogP contribution in [0.25, 0.3) is 0 Å². The topological polar surface area (TPSA) is 80.5 Å². The van der Waals surface area contributed by atoms with Gasteiger partial charge in [0.2, 0.25) is 0 Å². The lowest BCUT2D eigenvalue weighted by molar-refractivity contribution is -0.145. The van der Waals surface area contributed by atoms with E-state index in [0.717, 1.165) is 16.9 Å². The summed E-state index contributed by atoms with van der Waals surface area (Å²) >= 11 is 0. The lowest BCUT2D eigenvalue weighted by Crippen LogP contribution is -2.44. The molecular weight excluding hydrogens is 447 g/mol. The summed E-state index contributed by atoms with van der Waals surface area (Å²) in [6.45, 7) is 5.54. The molecule has 2 aliphatic rings. The molecule has 1 spiro atoms. The first-order valence-electron chi connectivity index (χ1n) is 12.1. The molecule has 1 fully saturated rings. The third-order valence-electron chi connectivity index (χ3n) is 7.39. The predicted octanol–water partition coefficient (Wildman–Crippen LogP) is 4.18. The minimum Gasteiger partial charge on any atom is -0.396 e. The Balaban J connectivity index is 1.52. The number of amides is 1. The predicted molar refractivity (Wildman–Crippen MR) is 130 cm³/mol. The van der Waals surface area contributed by atoms with Crippen molar-refractivity contribution >= 4 is 17.3 Å². The summed E-state index contributed by atoms with van der Waals surface area (Å²) in [6.07, 6.45) is 2.20. The van der Waals surface area contributed by atoms with Crippen LogP contribution in [0.3, 0.4) is 0 Å². The third kappa shape index (κ3) is 3.85. The van der Waals surface area contributed by atoms with E-state index in [-0.39, 0.29) is 12.5 Å². The maximum absolute atomic E-state index is 15.7. The van der Waals surface area contributed by atoms with Gasteiger partial charge in [-0.15, -0.1) is 5.10 Å². The molecule has 0 unspecified atom stereocenters. The number of halogens is 1. The zero-order chi connectivity index (χ0) is 24.8. The van der Waals surface area contributed by atoms with Crippen LogP contribution in [0.1, 0.15) is 38.4 Å². The van der Waals surface area contributed by atoms with E-state index in [4.69, 9.17) is 9.84 Å². The molecule has 184 valence electrons. The second kappa shape index (κ2) is 8.84. The zero-order valence-corrected chi connectivity index (χ0v) is 20.3. The number of rotatable bonds is 7. The van der Waals surface area contributed by atoms with Crippen LogP contribution >= 0.6 is 0 Å². The smallest absolute Gasteiger partial charge is 0.268 e. The van der Waals surface area contributed by atoms with E-state index in [1.165, 1.54) is 0 Å². The van der Waals surface area contributed by atoms with Gasteiger partial charge >= 0.3 is 0 Å². The first kappa shape index (κ1) is 23.6. The maximum Gasteiger partial charge on any atom is 0.268 e. The van der Waals surface area contributed by atoms with Gasteiger partial charge in [-0.3, -0.25) is 14.4 Å². The number of nitrogens with zero attached hydrogens (tertiary/aromatic N) is 4. The Bertz CT molecular complexity index is 1210. The molecule has 5 rings (SSSR count). The van der Waals surface area contributed by atoms with E-state index in [0.29, 0.717) is 25.1 Å². The second-order valence-corrected chi connectivity index (χ2v) is 10.00. The highest BCUT2D eigenvalue weighted by Gasteiger charge is 2.66. The number of aliphatic hydroxyl groups is 1. The van der Waals surface area contributed by atoms with Crippen molar-refractivity contribution in [1.82, 2.24) is 15.0 Å².